The number of nitrogens with one attached hydrogen (secondary N) is 2. The van der Waals surface area contributed by atoms with Gasteiger partial charge in [-0.25, -0.2) is 27.0 Å². The van der Waals surface area contributed by atoms with Crippen LogP contribution >= 0.6 is 0 Å². The van der Waals surface area contributed by atoms with Crippen LogP contribution in [0, 0.1) is 0 Å². The van der Waals surface area contributed by atoms with Gasteiger partial charge in [-0.1, -0.05) is 42.5 Å². The molecule has 2 atom stereocenters. The lowest BCUT2D eigenvalue weighted by Gasteiger charge is -2.22. The SMILES string of the molecule is COc1ccc(S(=O)(=O)N2C[C@@H](NS(=O)(=O)c3ccc(-c4ccccc4)cc3)C[C@@H]2C(=O)NO)cc1. The van der Waals surface area contributed by atoms with Crippen molar-refractivity contribution in [2.75, 3.05) is 13.7 Å². The molecular weight excluding hydrogens is 506 g/mol. The standard InChI is InChI=1S/C24H25N3O7S2/c1-34-20-9-13-22(14-10-20)36(32,33)27-16-19(15-23(27)24(28)25-29)26-35(30,31)21-11-7-18(8-12-21)17-5-3-2-4-6-17/h2-14,19,23,26,29H,15-16H2,1H3,(H,25,28)/t19-,23+/m0/s1. The number of hydrogen-bond acceptors (Lipinski definition) is 7. The molecule has 1 heterocycles. The number of benzene rings is 3. The van der Waals surface area contributed by atoms with Crippen LogP contribution in [0.4, 0.5) is 0 Å². The summed E-state index contributed by atoms with van der Waals surface area (Å²) in [4.78, 5) is 12.2. The zero-order chi connectivity index (χ0) is 25.9. The summed E-state index contributed by atoms with van der Waals surface area (Å²) in [5.74, 6) is -0.509. The Balaban J connectivity index is 1.55. The molecule has 36 heavy (non-hydrogen) atoms. The molecule has 0 unspecified atom stereocenters. The normalized spacial score (nSPS) is 18.6. The van der Waals surface area contributed by atoms with Gasteiger partial charge in [0.1, 0.15) is 11.8 Å². The summed E-state index contributed by atoms with van der Waals surface area (Å²) in [6.07, 6.45) is -0.164. The number of carbonyl (C=O) groups is 1. The highest BCUT2D eigenvalue weighted by molar-refractivity contribution is 7.89. The number of rotatable bonds is 8. The first kappa shape index (κ1) is 25.8. The van der Waals surface area contributed by atoms with Crippen LogP contribution in [0.3, 0.4) is 0 Å². The van der Waals surface area contributed by atoms with Crippen molar-refractivity contribution in [2.24, 2.45) is 0 Å². The second kappa shape index (κ2) is 10.4. The van der Waals surface area contributed by atoms with Crippen molar-refractivity contribution in [1.29, 1.82) is 0 Å². The van der Waals surface area contributed by atoms with Crippen LogP contribution < -0.4 is 14.9 Å². The Labute approximate surface area is 209 Å². The van der Waals surface area contributed by atoms with Crippen molar-refractivity contribution in [1.82, 2.24) is 14.5 Å². The van der Waals surface area contributed by atoms with Crippen LogP contribution in [0.2, 0.25) is 0 Å². The first-order valence-electron chi connectivity index (χ1n) is 10.9. The molecule has 4 rings (SSSR count). The third-order valence-corrected chi connectivity index (χ3v) is 9.35. The molecule has 3 N–H and O–H groups in total. The lowest BCUT2D eigenvalue weighted by molar-refractivity contribution is -0.132. The summed E-state index contributed by atoms with van der Waals surface area (Å²) in [7, 11) is -6.77. The number of hydrogen-bond donors (Lipinski definition) is 3. The zero-order valence-electron chi connectivity index (χ0n) is 19.2. The van der Waals surface area contributed by atoms with E-state index in [1.54, 1.807) is 12.1 Å². The van der Waals surface area contributed by atoms with Gasteiger partial charge in [0, 0.05) is 12.6 Å². The first-order valence-corrected chi connectivity index (χ1v) is 13.9. The monoisotopic (exact) mass is 531 g/mol. The van der Waals surface area contributed by atoms with Gasteiger partial charge in [0.25, 0.3) is 5.91 Å². The van der Waals surface area contributed by atoms with Gasteiger partial charge in [-0.05, 0) is 53.9 Å². The van der Waals surface area contributed by atoms with Crippen LogP contribution in [-0.2, 0) is 24.8 Å². The number of amides is 1. The maximum absolute atomic E-state index is 13.3. The number of carbonyl (C=O) groups excluding carboxylic acids is 1. The van der Waals surface area contributed by atoms with Gasteiger partial charge in [0.2, 0.25) is 20.0 Å². The van der Waals surface area contributed by atoms with E-state index in [1.807, 2.05) is 30.3 Å². The van der Waals surface area contributed by atoms with Crippen molar-refractivity contribution in [3.63, 3.8) is 0 Å². The van der Waals surface area contributed by atoms with Gasteiger partial charge in [-0.3, -0.25) is 10.0 Å². The maximum atomic E-state index is 13.3. The van der Waals surface area contributed by atoms with E-state index in [2.05, 4.69) is 4.72 Å². The van der Waals surface area contributed by atoms with Gasteiger partial charge in [0.05, 0.1) is 16.9 Å². The average Bonchev–Trinajstić information content (AvgIpc) is 3.33. The Bertz CT molecular complexity index is 1430. The van der Waals surface area contributed by atoms with Crippen LogP contribution in [0.25, 0.3) is 11.1 Å². The maximum Gasteiger partial charge on any atom is 0.261 e. The number of ether oxygens (including phenoxy) is 1. The fraction of sp³-hybridized carbons (Fsp3) is 0.208. The molecular formula is C24H25N3O7S2. The molecule has 0 spiro atoms. The fourth-order valence-corrected chi connectivity index (χ4v) is 6.98. The number of hydroxylamine groups is 1. The first-order chi connectivity index (χ1) is 17.2. The molecule has 12 heteroatoms. The van der Waals surface area contributed by atoms with E-state index >= 15 is 0 Å². The Morgan fingerprint density at radius 2 is 1.47 bits per heavy atom. The van der Waals surface area contributed by atoms with Crippen molar-refractivity contribution < 1.29 is 31.6 Å². The molecule has 3 aromatic carbocycles. The molecule has 10 nitrogen and oxygen atoms in total. The fourth-order valence-electron chi connectivity index (χ4n) is 4.10. The molecule has 1 fully saturated rings. The third-order valence-electron chi connectivity index (χ3n) is 5.93. The Kier molecular flexibility index (Phi) is 7.43. The van der Waals surface area contributed by atoms with Crippen LogP contribution in [0.1, 0.15) is 6.42 Å². The quantitative estimate of drug-likeness (QED) is 0.298. The molecule has 1 aliphatic rings. The lowest BCUT2D eigenvalue weighted by atomic mass is 10.1. The molecule has 3 aromatic rings. The topological polar surface area (TPSA) is 142 Å². The molecule has 0 radical (unpaired) electrons. The molecule has 0 bridgehead atoms. The molecule has 1 aliphatic heterocycles. The van der Waals surface area contributed by atoms with Gasteiger partial charge in [-0.15, -0.1) is 0 Å². The highest BCUT2D eigenvalue weighted by atomic mass is 32.2. The lowest BCUT2D eigenvalue weighted by Crippen LogP contribution is -2.45. The van der Waals surface area contributed by atoms with E-state index in [0.29, 0.717) is 5.75 Å². The van der Waals surface area contributed by atoms with Crippen LogP contribution in [-0.4, -0.2) is 58.0 Å². The third kappa shape index (κ3) is 5.27. The smallest absolute Gasteiger partial charge is 0.261 e. The summed E-state index contributed by atoms with van der Waals surface area (Å²) >= 11 is 0. The zero-order valence-corrected chi connectivity index (χ0v) is 20.9. The Morgan fingerprint density at radius 1 is 0.889 bits per heavy atom. The minimum atomic E-state index is -4.19. The Hall–Kier alpha value is -3.29. The van der Waals surface area contributed by atoms with E-state index in [1.165, 1.54) is 49.0 Å². The summed E-state index contributed by atoms with van der Waals surface area (Å²) in [5.41, 5.74) is 3.25. The van der Waals surface area contributed by atoms with Gasteiger partial charge in [-0.2, -0.15) is 4.31 Å². The predicted molar refractivity (Wildman–Crippen MR) is 131 cm³/mol. The van der Waals surface area contributed by atoms with E-state index in [-0.39, 0.29) is 22.8 Å². The van der Waals surface area contributed by atoms with Crippen LogP contribution in [0.5, 0.6) is 5.75 Å². The van der Waals surface area contributed by atoms with Crippen LogP contribution in [0.15, 0.2) is 88.7 Å². The van der Waals surface area contributed by atoms with Gasteiger partial charge < -0.3 is 4.74 Å². The summed E-state index contributed by atoms with van der Waals surface area (Å²) in [5, 5.41) is 9.16. The highest BCUT2D eigenvalue weighted by Crippen LogP contribution is 2.29. The number of nitrogens with zero attached hydrogens (tertiary/aromatic N) is 1. The Morgan fingerprint density at radius 3 is 2.06 bits per heavy atom. The predicted octanol–water partition coefficient (Wildman–Crippen LogP) is 1.98. The van der Waals surface area contributed by atoms with Gasteiger partial charge in [0.15, 0.2) is 0 Å². The van der Waals surface area contributed by atoms with Crippen molar-refractivity contribution >= 4 is 26.0 Å². The number of sulfonamides is 2. The second-order valence-electron chi connectivity index (χ2n) is 8.19. The molecule has 0 aliphatic carbocycles. The largest absolute Gasteiger partial charge is 0.497 e. The average molecular weight is 532 g/mol. The summed E-state index contributed by atoms with van der Waals surface area (Å²) in [6, 6.07) is 19.1. The molecule has 0 aromatic heterocycles. The molecule has 0 saturated carbocycles. The van der Waals surface area contributed by atoms with Crippen molar-refractivity contribution in [3.05, 3.63) is 78.9 Å². The minimum absolute atomic E-state index is 0.00167. The molecule has 1 amide bonds. The molecule has 1 saturated heterocycles. The summed E-state index contributed by atoms with van der Waals surface area (Å²) in [6.45, 7) is -0.298. The minimum Gasteiger partial charge on any atom is -0.497 e. The van der Waals surface area contributed by atoms with E-state index in [0.717, 1.165) is 15.4 Å². The molecule has 190 valence electrons. The van der Waals surface area contributed by atoms with Gasteiger partial charge >= 0.3 is 0 Å². The number of methoxy groups -OCH3 is 1. The highest BCUT2D eigenvalue weighted by Gasteiger charge is 2.45. The van der Waals surface area contributed by atoms with Crippen molar-refractivity contribution in [3.8, 4) is 16.9 Å². The van der Waals surface area contributed by atoms with Crippen molar-refractivity contribution in [2.45, 2.75) is 28.3 Å². The second-order valence-corrected chi connectivity index (χ2v) is 11.8. The summed E-state index contributed by atoms with van der Waals surface area (Å²) < 4.78 is 61.0. The van der Waals surface area contributed by atoms with E-state index in [9.17, 15) is 21.6 Å². The van der Waals surface area contributed by atoms with E-state index < -0.39 is 38.0 Å². The van der Waals surface area contributed by atoms with E-state index in [4.69, 9.17) is 9.94 Å².